The molecule has 6 heteroatoms. The van der Waals surface area contributed by atoms with Crippen LogP contribution in [0.5, 0.6) is 0 Å². The van der Waals surface area contributed by atoms with Crippen LogP contribution in [0.3, 0.4) is 0 Å². The maximum absolute atomic E-state index is 11.9. The number of hydrogen-bond acceptors (Lipinski definition) is 4. The number of anilines is 2. The zero-order chi connectivity index (χ0) is 16.8. The van der Waals surface area contributed by atoms with Crippen molar-refractivity contribution in [1.82, 2.24) is 0 Å². The number of halogens is 1. The van der Waals surface area contributed by atoms with Gasteiger partial charge in [0.1, 0.15) is 0 Å². The van der Waals surface area contributed by atoms with Gasteiger partial charge in [0.2, 0.25) is 5.91 Å². The summed E-state index contributed by atoms with van der Waals surface area (Å²) in [5, 5.41) is 6.46. The Hall–Kier alpha value is -2.53. The summed E-state index contributed by atoms with van der Waals surface area (Å²) in [7, 11) is 1.32. The van der Waals surface area contributed by atoms with Crippen LogP contribution in [0, 0.1) is 6.92 Å². The number of aryl methyl sites for hydroxylation is 1. The van der Waals surface area contributed by atoms with Gasteiger partial charge in [-0.3, -0.25) is 4.79 Å². The number of carbonyl (C=O) groups excluding carboxylic acids is 2. The van der Waals surface area contributed by atoms with Crippen LogP contribution in [0.1, 0.15) is 15.9 Å². The van der Waals surface area contributed by atoms with Crippen molar-refractivity contribution in [2.24, 2.45) is 0 Å². The molecule has 0 fully saturated rings. The van der Waals surface area contributed by atoms with E-state index in [1.807, 2.05) is 19.1 Å². The van der Waals surface area contributed by atoms with Crippen molar-refractivity contribution in [3.8, 4) is 0 Å². The van der Waals surface area contributed by atoms with Gasteiger partial charge in [0.05, 0.1) is 19.2 Å². The zero-order valence-electron chi connectivity index (χ0n) is 12.9. The molecule has 23 heavy (non-hydrogen) atoms. The summed E-state index contributed by atoms with van der Waals surface area (Å²) in [6.45, 7) is 2.04. The van der Waals surface area contributed by atoms with Crippen LogP contribution in [-0.2, 0) is 9.53 Å². The Balaban J connectivity index is 1.90. The Morgan fingerprint density at radius 3 is 2.43 bits per heavy atom. The SMILES string of the molecule is COC(=O)c1ccc(NC(=O)CNc2ccc(Cl)cc2C)cc1. The highest BCUT2D eigenvalue weighted by atomic mass is 35.5. The molecule has 0 aromatic heterocycles. The third kappa shape index (κ3) is 4.72. The molecule has 1 amide bonds. The lowest BCUT2D eigenvalue weighted by molar-refractivity contribution is -0.114. The maximum atomic E-state index is 11.9. The van der Waals surface area contributed by atoms with E-state index in [2.05, 4.69) is 15.4 Å². The summed E-state index contributed by atoms with van der Waals surface area (Å²) in [6.07, 6.45) is 0. The quantitative estimate of drug-likeness (QED) is 0.822. The van der Waals surface area contributed by atoms with Crippen molar-refractivity contribution in [3.05, 3.63) is 58.6 Å². The molecule has 0 atom stereocenters. The Morgan fingerprint density at radius 2 is 1.83 bits per heavy atom. The standard InChI is InChI=1S/C17H17ClN2O3/c1-11-9-13(18)5-8-15(11)19-10-16(21)20-14-6-3-12(4-7-14)17(22)23-2/h3-9,19H,10H2,1-2H3,(H,20,21). The molecule has 2 aromatic rings. The average Bonchev–Trinajstić information content (AvgIpc) is 2.54. The van der Waals surface area contributed by atoms with E-state index >= 15 is 0 Å². The number of nitrogens with one attached hydrogen (secondary N) is 2. The van der Waals surface area contributed by atoms with Crippen LogP contribution < -0.4 is 10.6 Å². The van der Waals surface area contributed by atoms with Crippen LogP contribution in [0.4, 0.5) is 11.4 Å². The van der Waals surface area contributed by atoms with Gasteiger partial charge < -0.3 is 15.4 Å². The Bertz CT molecular complexity index is 714. The molecule has 0 aliphatic carbocycles. The molecule has 5 nitrogen and oxygen atoms in total. The second kappa shape index (κ2) is 7.65. The van der Waals surface area contributed by atoms with Gasteiger partial charge >= 0.3 is 5.97 Å². The molecule has 0 unspecified atom stereocenters. The first-order chi connectivity index (χ1) is 11.0. The van der Waals surface area contributed by atoms with E-state index in [1.165, 1.54) is 7.11 Å². The van der Waals surface area contributed by atoms with E-state index in [4.69, 9.17) is 11.6 Å². The topological polar surface area (TPSA) is 67.4 Å². The van der Waals surface area contributed by atoms with E-state index in [9.17, 15) is 9.59 Å². The number of benzene rings is 2. The normalized spacial score (nSPS) is 10.0. The minimum atomic E-state index is -0.414. The number of rotatable bonds is 5. The molecule has 0 heterocycles. The van der Waals surface area contributed by atoms with E-state index in [1.54, 1.807) is 30.3 Å². The van der Waals surface area contributed by atoms with Crippen LogP contribution in [0.15, 0.2) is 42.5 Å². The van der Waals surface area contributed by atoms with E-state index in [-0.39, 0.29) is 12.5 Å². The van der Waals surface area contributed by atoms with E-state index in [0.29, 0.717) is 16.3 Å². The third-order valence-electron chi connectivity index (χ3n) is 3.22. The summed E-state index contributed by atoms with van der Waals surface area (Å²) in [6, 6.07) is 11.9. The first-order valence-electron chi connectivity index (χ1n) is 6.98. The summed E-state index contributed by atoms with van der Waals surface area (Å²) in [5.41, 5.74) is 2.86. The van der Waals surface area contributed by atoms with E-state index < -0.39 is 5.97 Å². The number of ether oxygens (including phenoxy) is 1. The second-order valence-electron chi connectivity index (χ2n) is 4.93. The number of esters is 1. The molecule has 2 aromatic carbocycles. The van der Waals surface area contributed by atoms with Crippen molar-refractivity contribution in [2.75, 3.05) is 24.3 Å². The Kier molecular flexibility index (Phi) is 5.60. The van der Waals surface area contributed by atoms with Crippen LogP contribution in [-0.4, -0.2) is 25.5 Å². The molecule has 0 aliphatic heterocycles. The van der Waals surface area contributed by atoms with Gasteiger partial charge in [-0.15, -0.1) is 0 Å². The zero-order valence-corrected chi connectivity index (χ0v) is 13.6. The first kappa shape index (κ1) is 16.8. The second-order valence-corrected chi connectivity index (χ2v) is 5.37. The van der Waals surface area contributed by atoms with Gasteiger partial charge in [0.15, 0.2) is 0 Å². The lowest BCUT2D eigenvalue weighted by atomic mass is 10.2. The van der Waals surface area contributed by atoms with Gasteiger partial charge in [0, 0.05) is 16.4 Å². The van der Waals surface area contributed by atoms with Gasteiger partial charge in [-0.1, -0.05) is 11.6 Å². The van der Waals surface area contributed by atoms with Gasteiger partial charge in [-0.05, 0) is 55.0 Å². The fourth-order valence-electron chi connectivity index (χ4n) is 2.01. The minimum absolute atomic E-state index is 0.126. The number of methoxy groups -OCH3 is 1. The predicted molar refractivity (Wildman–Crippen MR) is 91.1 cm³/mol. The van der Waals surface area contributed by atoms with Crippen molar-refractivity contribution in [2.45, 2.75) is 6.92 Å². The maximum Gasteiger partial charge on any atom is 0.337 e. The summed E-state index contributed by atoms with van der Waals surface area (Å²) in [4.78, 5) is 23.3. The summed E-state index contributed by atoms with van der Waals surface area (Å²) in [5.74, 6) is -0.604. The predicted octanol–water partition coefficient (Wildman–Crippen LogP) is 3.49. The molecule has 2 N–H and O–H groups in total. The van der Waals surface area contributed by atoms with E-state index in [0.717, 1.165) is 11.3 Å². The molecule has 120 valence electrons. The van der Waals surface area contributed by atoms with Crippen molar-refractivity contribution < 1.29 is 14.3 Å². The smallest absolute Gasteiger partial charge is 0.337 e. The third-order valence-corrected chi connectivity index (χ3v) is 3.45. The van der Waals surface area contributed by atoms with Crippen LogP contribution >= 0.6 is 11.6 Å². The molecule has 0 saturated carbocycles. The highest BCUT2D eigenvalue weighted by Gasteiger charge is 2.07. The molecular weight excluding hydrogens is 316 g/mol. The Morgan fingerprint density at radius 1 is 1.13 bits per heavy atom. The fraction of sp³-hybridized carbons (Fsp3) is 0.176. The average molecular weight is 333 g/mol. The lowest BCUT2D eigenvalue weighted by Crippen LogP contribution is -2.22. The summed E-state index contributed by atoms with van der Waals surface area (Å²) < 4.78 is 4.62. The Labute approximate surface area is 139 Å². The molecule has 0 bridgehead atoms. The minimum Gasteiger partial charge on any atom is -0.465 e. The lowest BCUT2D eigenvalue weighted by Gasteiger charge is -2.10. The van der Waals surface area contributed by atoms with Crippen molar-refractivity contribution >= 4 is 34.9 Å². The highest BCUT2D eigenvalue weighted by Crippen LogP contribution is 2.19. The summed E-state index contributed by atoms with van der Waals surface area (Å²) >= 11 is 5.89. The fourth-order valence-corrected chi connectivity index (χ4v) is 2.24. The van der Waals surface area contributed by atoms with Crippen molar-refractivity contribution in [1.29, 1.82) is 0 Å². The van der Waals surface area contributed by atoms with Crippen molar-refractivity contribution in [3.63, 3.8) is 0 Å². The highest BCUT2D eigenvalue weighted by molar-refractivity contribution is 6.30. The van der Waals surface area contributed by atoms with Gasteiger partial charge in [0.25, 0.3) is 0 Å². The molecule has 0 aliphatic rings. The molecule has 0 saturated heterocycles. The van der Waals surface area contributed by atoms with Crippen LogP contribution in [0.25, 0.3) is 0 Å². The van der Waals surface area contributed by atoms with Crippen LogP contribution in [0.2, 0.25) is 5.02 Å². The number of hydrogen-bond donors (Lipinski definition) is 2. The molecule has 0 radical (unpaired) electrons. The number of carbonyl (C=O) groups is 2. The van der Waals surface area contributed by atoms with Gasteiger partial charge in [-0.25, -0.2) is 4.79 Å². The largest absolute Gasteiger partial charge is 0.465 e. The molecule has 0 spiro atoms. The molecular formula is C17H17ClN2O3. The van der Waals surface area contributed by atoms with Gasteiger partial charge in [-0.2, -0.15) is 0 Å². The molecule has 2 rings (SSSR count). The number of amides is 1. The first-order valence-corrected chi connectivity index (χ1v) is 7.35. The monoisotopic (exact) mass is 332 g/mol.